The molecular formula is C13H26N2O3. The molecule has 5 heteroatoms. The standard InChI is InChI=1S/C13H26N2O3/c1-9(2)8-11(14)13(18)15(10(3)4)7-5-6-12(16)17/h9-11H,5-8,14H2,1-4H3,(H,16,17)/t11-/m1/s1. The summed E-state index contributed by atoms with van der Waals surface area (Å²) in [5.41, 5.74) is 5.88. The van der Waals surface area contributed by atoms with Gasteiger partial charge in [-0.25, -0.2) is 0 Å². The highest BCUT2D eigenvalue weighted by atomic mass is 16.4. The third-order valence-corrected chi connectivity index (χ3v) is 2.74. The van der Waals surface area contributed by atoms with Gasteiger partial charge in [-0.15, -0.1) is 0 Å². The second-order valence-corrected chi connectivity index (χ2v) is 5.36. The summed E-state index contributed by atoms with van der Waals surface area (Å²) >= 11 is 0. The predicted octanol–water partition coefficient (Wildman–Crippen LogP) is 1.46. The molecule has 0 aliphatic heterocycles. The van der Waals surface area contributed by atoms with Crippen LogP contribution in [0.25, 0.3) is 0 Å². The van der Waals surface area contributed by atoms with Gasteiger partial charge in [-0.3, -0.25) is 9.59 Å². The van der Waals surface area contributed by atoms with E-state index in [9.17, 15) is 9.59 Å². The Bertz CT molecular complexity index is 277. The highest BCUT2D eigenvalue weighted by molar-refractivity contribution is 5.82. The zero-order valence-corrected chi connectivity index (χ0v) is 11.8. The molecule has 0 saturated carbocycles. The molecule has 0 bridgehead atoms. The van der Waals surface area contributed by atoms with Gasteiger partial charge in [-0.1, -0.05) is 13.8 Å². The summed E-state index contributed by atoms with van der Waals surface area (Å²) in [5, 5.41) is 8.60. The Morgan fingerprint density at radius 1 is 1.22 bits per heavy atom. The summed E-state index contributed by atoms with van der Waals surface area (Å²) in [6, 6.07) is -0.443. The van der Waals surface area contributed by atoms with Gasteiger partial charge in [0.1, 0.15) is 0 Å². The number of hydrogen-bond acceptors (Lipinski definition) is 3. The lowest BCUT2D eigenvalue weighted by Crippen LogP contribution is -2.47. The number of rotatable bonds is 8. The number of aliphatic carboxylic acids is 1. The molecule has 0 unspecified atom stereocenters. The van der Waals surface area contributed by atoms with Crippen LogP contribution >= 0.6 is 0 Å². The topological polar surface area (TPSA) is 83.6 Å². The lowest BCUT2D eigenvalue weighted by molar-refractivity contribution is -0.139. The molecule has 106 valence electrons. The minimum absolute atomic E-state index is 0.0458. The Balaban J connectivity index is 4.39. The van der Waals surface area contributed by atoms with Crippen LogP contribution in [0.2, 0.25) is 0 Å². The monoisotopic (exact) mass is 258 g/mol. The summed E-state index contributed by atoms with van der Waals surface area (Å²) in [5.74, 6) is -0.543. The average molecular weight is 258 g/mol. The third kappa shape index (κ3) is 6.59. The number of carbonyl (C=O) groups excluding carboxylic acids is 1. The summed E-state index contributed by atoms with van der Waals surface area (Å²) in [6.07, 6.45) is 1.20. The molecule has 0 saturated heterocycles. The summed E-state index contributed by atoms with van der Waals surface area (Å²) in [6.45, 7) is 8.34. The van der Waals surface area contributed by atoms with E-state index in [1.165, 1.54) is 0 Å². The molecule has 0 aromatic carbocycles. The van der Waals surface area contributed by atoms with Crippen LogP contribution in [0.15, 0.2) is 0 Å². The lowest BCUT2D eigenvalue weighted by Gasteiger charge is -2.29. The summed E-state index contributed by atoms with van der Waals surface area (Å²) in [7, 11) is 0. The number of carboxylic acids is 1. The first-order chi connectivity index (χ1) is 8.25. The van der Waals surface area contributed by atoms with Gasteiger partial charge in [0.2, 0.25) is 5.91 Å². The molecule has 0 aliphatic rings. The zero-order valence-electron chi connectivity index (χ0n) is 11.8. The van der Waals surface area contributed by atoms with Crippen LogP contribution < -0.4 is 5.73 Å². The van der Waals surface area contributed by atoms with Gasteiger partial charge < -0.3 is 15.7 Å². The van der Waals surface area contributed by atoms with Crippen molar-refractivity contribution in [3.05, 3.63) is 0 Å². The van der Waals surface area contributed by atoms with Crippen molar-refractivity contribution in [3.8, 4) is 0 Å². The van der Waals surface area contributed by atoms with E-state index in [-0.39, 0.29) is 18.4 Å². The Morgan fingerprint density at radius 3 is 2.17 bits per heavy atom. The van der Waals surface area contributed by atoms with Crippen LogP contribution in [0.1, 0.15) is 47.0 Å². The van der Waals surface area contributed by atoms with Crippen molar-refractivity contribution < 1.29 is 14.7 Å². The van der Waals surface area contributed by atoms with E-state index >= 15 is 0 Å². The van der Waals surface area contributed by atoms with E-state index in [1.807, 2.05) is 27.7 Å². The fourth-order valence-corrected chi connectivity index (χ4v) is 1.85. The van der Waals surface area contributed by atoms with Crippen molar-refractivity contribution in [3.63, 3.8) is 0 Å². The van der Waals surface area contributed by atoms with Crippen LogP contribution in [0.5, 0.6) is 0 Å². The highest BCUT2D eigenvalue weighted by Crippen LogP contribution is 2.09. The van der Waals surface area contributed by atoms with E-state index in [2.05, 4.69) is 0 Å². The Hall–Kier alpha value is -1.10. The molecule has 0 aromatic rings. The molecule has 0 heterocycles. The maximum Gasteiger partial charge on any atom is 0.303 e. The van der Waals surface area contributed by atoms with Gasteiger partial charge in [0, 0.05) is 19.0 Å². The van der Waals surface area contributed by atoms with Gasteiger partial charge in [-0.2, -0.15) is 0 Å². The van der Waals surface area contributed by atoms with Crippen LogP contribution in [0.4, 0.5) is 0 Å². The second kappa shape index (κ2) is 8.08. The Labute approximate surface area is 109 Å². The molecule has 3 N–H and O–H groups in total. The lowest BCUT2D eigenvalue weighted by atomic mass is 10.0. The molecular weight excluding hydrogens is 232 g/mol. The Kier molecular flexibility index (Phi) is 7.59. The SMILES string of the molecule is CC(C)C[C@@H](N)C(=O)N(CCCC(=O)O)C(C)C. The highest BCUT2D eigenvalue weighted by Gasteiger charge is 2.23. The van der Waals surface area contributed by atoms with Gasteiger partial charge >= 0.3 is 5.97 Å². The molecule has 0 aromatic heterocycles. The molecule has 1 amide bonds. The molecule has 0 fully saturated rings. The number of nitrogens with two attached hydrogens (primary N) is 1. The van der Waals surface area contributed by atoms with Crippen LogP contribution in [-0.4, -0.2) is 40.5 Å². The quantitative estimate of drug-likeness (QED) is 0.690. The molecule has 1 atom stereocenters. The normalized spacial score (nSPS) is 12.8. The summed E-state index contributed by atoms with van der Waals surface area (Å²) in [4.78, 5) is 24.3. The fourth-order valence-electron chi connectivity index (χ4n) is 1.85. The Morgan fingerprint density at radius 2 is 1.78 bits per heavy atom. The van der Waals surface area contributed by atoms with Crippen molar-refractivity contribution >= 4 is 11.9 Å². The molecule has 0 rings (SSSR count). The molecule has 0 spiro atoms. The molecule has 5 nitrogen and oxygen atoms in total. The van der Waals surface area contributed by atoms with E-state index < -0.39 is 12.0 Å². The number of carbonyl (C=O) groups is 2. The molecule has 0 aliphatic carbocycles. The smallest absolute Gasteiger partial charge is 0.303 e. The van der Waals surface area contributed by atoms with Crippen LogP contribution in [-0.2, 0) is 9.59 Å². The summed E-state index contributed by atoms with van der Waals surface area (Å²) < 4.78 is 0. The number of amides is 1. The van der Waals surface area contributed by atoms with Gasteiger partial charge in [0.15, 0.2) is 0 Å². The third-order valence-electron chi connectivity index (χ3n) is 2.74. The van der Waals surface area contributed by atoms with Crippen LogP contribution in [0.3, 0.4) is 0 Å². The first kappa shape index (κ1) is 16.9. The maximum atomic E-state index is 12.1. The average Bonchev–Trinajstić information content (AvgIpc) is 2.21. The maximum absolute atomic E-state index is 12.1. The largest absolute Gasteiger partial charge is 0.481 e. The fraction of sp³-hybridized carbons (Fsp3) is 0.846. The zero-order chi connectivity index (χ0) is 14.3. The van der Waals surface area contributed by atoms with Crippen molar-refractivity contribution in [1.29, 1.82) is 0 Å². The van der Waals surface area contributed by atoms with E-state index in [1.54, 1.807) is 4.90 Å². The first-order valence-corrected chi connectivity index (χ1v) is 6.53. The molecule has 0 radical (unpaired) electrons. The van der Waals surface area contributed by atoms with Crippen molar-refractivity contribution in [2.75, 3.05) is 6.54 Å². The number of hydrogen-bond donors (Lipinski definition) is 2. The minimum Gasteiger partial charge on any atom is -0.481 e. The second-order valence-electron chi connectivity index (χ2n) is 5.36. The minimum atomic E-state index is -0.836. The van der Waals surface area contributed by atoms with E-state index in [0.717, 1.165) is 0 Å². The van der Waals surface area contributed by atoms with Crippen molar-refractivity contribution in [1.82, 2.24) is 4.90 Å². The van der Waals surface area contributed by atoms with Crippen molar-refractivity contribution in [2.24, 2.45) is 11.7 Å². The van der Waals surface area contributed by atoms with Gasteiger partial charge in [0.25, 0.3) is 0 Å². The van der Waals surface area contributed by atoms with Gasteiger partial charge in [-0.05, 0) is 32.6 Å². The van der Waals surface area contributed by atoms with Gasteiger partial charge in [0.05, 0.1) is 6.04 Å². The first-order valence-electron chi connectivity index (χ1n) is 6.53. The predicted molar refractivity (Wildman–Crippen MR) is 71.1 cm³/mol. The number of carboxylic acid groups (broad SMARTS) is 1. The molecule has 18 heavy (non-hydrogen) atoms. The number of nitrogens with zero attached hydrogens (tertiary/aromatic N) is 1. The van der Waals surface area contributed by atoms with Crippen LogP contribution in [0, 0.1) is 5.92 Å². The van der Waals surface area contributed by atoms with E-state index in [4.69, 9.17) is 10.8 Å². The van der Waals surface area contributed by atoms with E-state index in [0.29, 0.717) is 25.3 Å². The van der Waals surface area contributed by atoms with Crippen molar-refractivity contribution in [2.45, 2.75) is 59.0 Å².